The third kappa shape index (κ3) is 4.45. The summed E-state index contributed by atoms with van der Waals surface area (Å²) in [5.41, 5.74) is 8.47. The number of nitrogens with zero attached hydrogens (tertiary/aromatic N) is 5. The zero-order chi connectivity index (χ0) is 19.2. The Labute approximate surface area is 158 Å². The minimum absolute atomic E-state index is 0.185. The lowest BCUT2D eigenvalue weighted by atomic mass is 10.1. The number of nitrogen functional groups attached to an aromatic ring is 1. The van der Waals surface area contributed by atoms with Gasteiger partial charge in [0.1, 0.15) is 12.2 Å². The van der Waals surface area contributed by atoms with Crippen molar-refractivity contribution in [1.82, 2.24) is 24.4 Å². The van der Waals surface area contributed by atoms with E-state index in [0.717, 1.165) is 49.5 Å². The Hall–Kier alpha value is -2.90. The molecule has 0 saturated carbocycles. The summed E-state index contributed by atoms with van der Waals surface area (Å²) < 4.78 is 2.08. The first kappa shape index (κ1) is 18.9. The summed E-state index contributed by atoms with van der Waals surface area (Å²) in [5, 5.41) is 8.85. The Balaban J connectivity index is 1.94. The zero-order valence-electron chi connectivity index (χ0n) is 15.6. The van der Waals surface area contributed by atoms with Gasteiger partial charge < -0.3 is 15.7 Å². The minimum atomic E-state index is -0.756. The van der Waals surface area contributed by atoms with Gasteiger partial charge in [-0.2, -0.15) is 0 Å². The highest BCUT2D eigenvalue weighted by molar-refractivity contribution is 5.84. The molecular formula is C19H26N6O2. The molecule has 0 bridgehead atoms. The zero-order valence-corrected chi connectivity index (χ0v) is 15.6. The predicted molar refractivity (Wildman–Crippen MR) is 105 cm³/mol. The largest absolute Gasteiger partial charge is 0.481 e. The highest BCUT2D eigenvalue weighted by atomic mass is 16.4. The summed E-state index contributed by atoms with van der Waals surface area (Å²) >= 11 is 0. The fraction of sp³-hybridized carbons (Fsp3) is 0.474. The molecule has 0 spiro atoms. The lowest BCUT2D eigenvalue weighted by Gasteiger charge is -2.27. The van der Waals surface area contributed by atoms with E-state index in [1.165, 1.54) is 6.33 Å². The number of carboxylic acid groups (broad SMARTS) is 1. The van der Waals surface area contributed by atoms with Crippen LogP contribution in [0.1, 0.15) is 44.9 Å². The maximum absolute atomic E-state index is 10.8. The first-order valence-electron chi connectivity index (χ1n) is 9.39. The van der Waals surface area contributed by atoms with Gasteiger partial charge in [0, 0.05) is 37.8 Å². The summed E-state index contributed by atoms with van der Waals surface area (Å²) in [7, 11) is 0. The van der Waals surface area contributed by atoms with Gasteiger partial charge in [-0.25, -0.2) is 15.0 Å². The van der Waals surface area contributed by atoms with Gasteiger partial charge in [0.2, 0.25) is 0 Å². The first-order valence-corrected chi connectivity index (χ1v) is 9.39. The lowest BCUT2D eigenvalue weighted by molar-refractivity contribution is -0.137. The first-order chi connectivity index (χ1) is 13.1. The van der Waals surface area contributed by atoms with E-state index in [1.54, 1.807) is 0 Å². The van der Waals surface area contributed by atoms with Crippen LogP contribution in [-0.2, 0) is 11.2 Å². The van der Waals surface area contributed by atoms with Crippen molar-refractivity contribution in [3.8, 4) is 0 Å². The van der Waals surface area contributed by atoms with Crippen LogP contribution in [0.5, 0.6) is 0 Å². The molecule has 144 valence electrons. The summed E-state index contributed by atoms with van der Waals surface area (Å²) in [4.78, 5) is 26.1. The molecule has 8 heteroatoms. The van der Waals surface area contributed by atoms with Gasteiger partial charge in [0.15, 0.2) is 17.0 Å². The van der Waals surface area contributed by atoms with Gasteiger partial charge in [-0.05, 0) is 25.7 Å². The van der Waals surface area contributed by atoms with Crippen LogP contribution in [0.3, 0.4) is 0 Å². The number of hydrogen-bond donors (Lipinski definition) is 2. The van der Waals surface area contributed by atoms with Crippen molar-refractivity contribution < 1.29 is 9.90 Å². The maximum Gasteiger partial charge on any atom is 0.303 e. The van der Waals surface area contributed by atoms with Gasteiger partial charge in [0.05, 0.1) is 0 Å². The van der Waals surface area contributed by atoms with Crippen molar-refractivity contribution in [2.45, 2.75) is 45.4 Å². The van der Waals surface area contributed by atoms with E-state index in [0.29, 0.717) is 24.2 Å². The average Bonchev–Trinajstić information content (AvgIpc) is 3.02. The molecule has 8 nitrogen and oxygen atoms in total. The molecule has 3 N–H and O–H groups in total. The van der Waals surface area contributed by atoms with Gasteiger partial charge in [-0.1, -0.05) is 19.1 Å². The second-order valence-electron chi connectivity index (χ2n) is 6.64. The van der Waals surface area contributed by atoms with Crippen LogP contribution in [0, 0.1) is 0 Å². The average molecular weight is 370 g/mol. The van der Waals surface area contributed by atoms with Crippen LogP contribution in [-0.4, -0.2) is 48.6 Å². The van der Waals surface area contributed by atoms with E-state index >= 15 is 0 Å². The lowest BCUT2D eigenvalue weighted by Crippen LogP contribution is -2.25. The Morgan fingerprint density at radius 3 is 3.00 bits per heavy atom. The molecule has 0 saturated heterocycles. The Morgan fingerprint density at radius 1 is 1.37 bits per heavy atom. The van der Waals surface area contributed by atoms with E-state index in [1.807, 2.05) is 0 Å². The molecular weight excluding hydrogens is 344 g/mol. The predicted octanol–water partition coefficient (Wildman–Crippen LogP) is 2.68. The van der Waals surface area contributed by atoms with Crippen LogP contribution in [0.15, 0.2) is 24.7 Å². The molecule has 0 fully saturated rings. The van der Waals surface area contributed by atoms with Crippen LogP contribution in [0.4, 0.5) is 5.82 Å². The highest BCUT2D eigenvalue weighted by Crippen LogP contribution is 2.27. The fourth-order valence-electron chi connectivity index (χ4n) is 3.33. The van der Waals surface area contributed by atoms with Crippen molar-refractivity contribution >= 4 is 28.6 Å². The van der Waals surface area contributed by atoms with Crippen molar-refractivity contribution in [3.63, 3.8) is 0 Å². The molecule has 1 aliphatic rings. The van der Waals surface area contributed by atoms with Crippen LogP contribution in [0.2, 0.25) is 0 Å². The minimum Gasteiger partial charge on any atom is -0.481 e. The van der Waals surface area contributed by atoms with Crippen molar-refractivity contribution in [2.75, 3.05) is 18.8 Å². The summed E-state index contributed by atoms with van der Waals surface area (Å²) in [6, 6.07) is 0. The maximum atomic E-state index is 10.8. The monoisotopic (exact) mass is 370 g/mol. The summed E-state index contributed by atoms with van der Waals surface area (Å²) in [5.74, 6) is 0.517. The molecule has 1 aliphatic heterocycles. The number of imidazole rings is 1. The van der Waals surface area contributed by atoms with Crippen molar-refractivity contribution in [3.05, 3.63) is 30.5 Å². The molecule has 0 amide bonds. The van der Waals surface area contributed by atoms with E-state index in [2.05, 4.69) is 44.7 Å². The van der Waals surface area contributed by atoms with E-state index in [4.69, 9.17) is 15.8 Å². The molecule has 3 rings (SSSR count). The van der Waals surface area contributed by atoms with Gasteiger partial charge in [0.25, 0.3) is 0 Å². The number of hydrogen-bond acceptors (Lipinski definition) is 6. The van der Waals surface area contributed by atoms with Crippen LogP contribution < -0.4 is 5.73 Å². The topological polar surface area (TPSA) is 110 Å². The van der Waals surface area contributed by atoms with Crippen LogP contribution >= 0.6 is 0 Å². The standard InChI is InChI=1S/C19H26N6O2/c1-2-3-4-8-15-23-17-18(20)21-13-22-19(17)25(15)14-7-5-10-24(12-14)11-6-9-16(26)27/h3-4,12-13H,2,5-11H2,1H3,(H,26,27)(H2,20,21,22)/b4-3-. The van der Waals surface area contributed by atoms with Gasteiger partial charge >= 0.3 is 5.97 Å². The third-order valence-electron chi connectivity index (χ3n) is 4.58. The van der Waals surface area contributed by atoms with Crippen molar-refractivity contribution in [1.29, 1.82) is 0 Å². The Bertz CT molecular complexity index is 870. The number of aromatic nitrogens is 4. The number of carbonyl (C=O) groups is 1. The number of rotatable bonds is 8. The Morgan fingerprint density at radius 2 is 2.22 bits per heavy atom. The molecule has 27 heavy (non-hydrogen) atoms. The van der Waals surface area contributed by atoms with Crippen molar-refractivity contribution in [2.24, 2.45) is 0 Å². The number of anilines is 1. The van der Waals surface area contributed by atoms with E-state index in [-0.39, 0.29) is 6.42 Å². The summed E-state index contributed by atoms with van der Waals surface area (Å²) in [6.07, 6.45) is 12.2. The highest BCUT2D eigenvalue weighted by Gasteiger charge is 2.20. The summed E-state index contributed by atoms with van der Waals surface area (Å²) in [6.45, 7) is 3.75. The van der Waals surface area contributed by atoms with Gasteiger partial charge in [-0.3, -0.25) is 9.36 Å². The van der Waals surface area contributed by atoms with Crippen LogP contribution in [0.25, 0.3) is 16.9 Å². The van der Waals surface area contributed by atoms with Gasteiger partial charge in [-0.15, -0.1) is 0 Å². The smallest absolute Gasteiger partial charge is 0.303 e. The van der Waals surface area contributed by atoms with E-state index in [9.17, 15) is 4.79 Å². The number of fused-ring (bicyclic) bond motifs is 1. The molecule has 3 heterocycles. The number of nitrogens with two attached hydrogens (primary N) is 1. The fourth-order valence-corrected chi connectivity index (χ4v) is 3.33. The number of aliphatic carboxylic acids is 1. The Kier molecular flexibility index (Phi) is 6.05. The molecule has 0 aliphatic carbocycles. The number of carboxylic acids is 1. The molecule has 0 aromatic carbocycles. The molecule has 0 unspecified atom stereocenters. The second kappa shape index (κ2) is 8.66. The molecule has 2 aromatic heterocycles. The SMILES string of the molecule is CC/C=C\Cc1nc2c(N)ncnc2n1C1=CN(CCCC(=O)O)CCC1. The molecule has 0 radical (unpaired) electrons. The third-order valence-corrected chi connectivity index (χ3v) is 4.58. The second-order valence-corrected chi connectivity index (χ2v) is 6.64. The quantitative estimate of drug-likeness (QED) is 0.687. The normalized spacial score (nSPS) is 14.9. The molecule has 0 atom stereocenters. The molecule has 2 aromatic rings. The van der Waals surface area contributed by atoms with E-state index < -0.39 is 5.97 Å². The number of allylic oxidation sites excluding steroid dienone is 3.